The zero-order valence-corrected chi connectivity index (χ0v) is 15.4. The third kappa shape index (κ3) is 6.57. The number of nitrogens with one attached hydrogen (secondary N) is 2. The molecule has 0 aliphatic carbocycles. The highest BCUT2D eigenvalue weighted by atomic mass is 16.5. The topological polar surface area (TPSA) is 42.8 Å². The first-order chi connectivity index (χ1) is 12.6. The molecule has 0 aliphatic rings. The van der Waals surface area contributed by atoms with Crippen molar-refractivity contribution in [2.24, 2.45) is 0 Å². The highest BCUT2D eigenvalue weighted by Gasteiger charge is 2.16. The molecule has 0 saturated carbocycles. The molecular formula is C22H27N2O2+. The van der Waals surface area contributed by atoms with E-state index in [4.69, 9.17) is 4.74 Å². The molecule has 0 fully saturated rings. The van der Waals surface area contributed by atoms with Crippen LogP contribution < -0.4 is 15.0 Å². The van der Waals surface area contributed by atoms with Crippen LogP contribution in [0, 0.1) is 0 Å². The Labute approximate surface area is 155 Å². The third-order valence-electron chi connectivity index (χ3n) is 3.81. The molecule has 0 saturated heterocycles. The van der Waals surface area contributed by atoms with Gasteiger partial charge in [-0.1, -0.05) is 55.1 Å². The van der Waals surface area contributed by atoms with Gasteiger partial charge in [0.25, 0.3) is 0 Å². The average molecular weight is 351 g/mol. The lowest BCUT2D eigenvalue weighted by Gasteiger charge is -2.20. The molecule has 4 heteroatoms. The van der Waals surface area contributed by atoms with Gasteiger partial charge < -0.3 is 15.0 Å². The van der Waals surface area contributed by atoms with Gasteiger partial charge in [-0.2, -0.15) is 0 Å². The van der Waals surface area contributed by atoms with Gasteiger partial charge in [0.15, 0.2) is 0 Å². The molecule has 1 amide bonds. The number of likely N-dealkylation sites (N-methyl/N-ethyl adjacent to an activating group) is 1. The van der Waals surface area contributed by atoms with E-state index in [1.54, 1.807) is 18.2 Å². The Morgan fingerprint density at radius 1 is 1.15 bits per heavy atom. The molecule has 1 atom stereocenters. The van der Waals surface area contributed by atoms with Gasteiger partial charge in [0.1, 0.15) is 24.9 Å². The maximum atomic E-state index is 12.3. The van der Waals surface area contributed by atoms with Crippen molar-refractivity contribution in [3.8, 4) is 5.75 Å². The van der Waals surface area contributed by atoms with Crippen molar-refractivity contribution in [2.45, 2.75) is 6.04 Å². The summed E-state index contributed by atoms with van der Waals surface area (Å²) in [5.41, 5.74) is 2.06. The number of carbonyl (C=O) groups excluding carboxylic acids is 1. The Morgan fingerprint density at radius 2 is 1.85 bits per heavy atom. The van der Waals surface area contributed by atoms with E-state index < -0.39 is 0 Å². The van der Waals surface area contributed by atoms with Gasteiger partial charge in [0, 0.05) is 6.08 Å². The predicted octanol–water partition coefficient (Wildman–Crippen LogP) is 2.27. The summed E-state index contributed by atoms with van der Waals surface area (Å²) in [6, 6.07) is 17.6. The van der Waals surface area contributed by atoms with Crippen LogP contribution in [0.3, 0.4) is 0 Å². The molecular weight excluding hydrogens is 324 g/mol. The standard InChI is InChI=1S/C22H26N2O2/c1-4-16-26-20-13-10-18(11-14-20)12-15-22(25)23-21(17-24(2)3)19-8-6-5-7-9-19/h4-15,21H,1,16-17H2,2-3H3,(H,23,25)/p+1/b15-12+/t21-/m1/s1. The Bertz CT molecular complexity index is 722. The lowest BCUT2D eigenvalue weighted by Crippen LogP contribution is -3.06. The Morgan fingerprint density at radius 3 is 2.46 bits per heavy atom. The summed E-state index contributed by atoms with van der Waals surface area (Å²) in [7, 11) is 4.15. The van der Waals surface area contributed by atoms with Crippen molar-refractivity contribution in [2.75, 3.05) is 27.2 Å². The zero-order valence-electron chi connectivity index (χ0n) is 15.4. The monoisotopic (exact) mass is 351 g/mol. The van der Waals surface area contributed by atoms with E-state index in [1.807, 2.05) is 54.6 Å². The highest BCUT2D eigenvalue weighted by molar-refractivity contribution is 5.92. The summed E-state index contributed by atoms with van der Waals surface area (Å²) in [5, 5.41) is 3.09. The fraction of sp³-hybridized carbons (Fsp3) is 0.227. The quantitative estimate of drug-likeness (QED) is 0.538. The summed E-state index contributed by atoms with van der Waals surface area (Å²) < 4.78 is 5.45. The number of hydrogen-bond donors (Lipinski definition) is 2. The molecule has 0 aliphatic heterocycles. The molecule has 0 radical (unpaired) electrons. The maximum absolute atomic E-state index is 12.3. The van der Waals surface area contributed by atoms with Crippen LogP contribution in [0.25, 0.3) is 6.08 Å². The largest absolute Gasteiger partial charge is 0.490 e. The first-order valence-electron chi connectivity index (χ1n) is 8.75. The normalized spacial score (nSPS) is 12.1. The average Bonchev–Trinajstić information content (AvgIpc) is 2.65. The lowest BCUT2D eigenvalue weighted by molar-refractivity contribution is -0.860. The molecule has 2 rings (SSSR count). The van der Waals surface area contributed by atoms with Gasteiger partial charge in [-0.05, 0) is 29.3 Å². The molecule has 0 spiro atoms. The fourth-order valence-electron chi connectivity index (χ4n) is 2.57. The van der Waals surface area contributed by atoms with E-state index in [-0.39, 0.29) is 11.9 Å². The fourth-order valence-corrected chi connectivity index (χ4v) is 2.57. The molecule has 26 heavy (non-hydrogen) atoms. The first kappa shape index (κ1) is 19.5. The molecule has 0 heterocycles. The number of hydrogen-bond acceptors (Lipinski definition) is 2. The van der Waals surface area contributed by atoms with Crippen LogP contribution in [0.15, 0.2) is 73.3 Å². The number of quaternary nitrogens is 1. The number of benzene rings is 2. The number of rotatable bonds is 9. The van der Waals surface area contributed by atoms with Crippen molar-refractivity contribution in [1.82, 2.24) is 5.32 Å². The van der Waals surface area contributed by atoms with Gasteiger partial charge in [-0.15, -0.1) is 0 Å². The second-order valence-corrected chi connectivity index (χ2v) is 6.39. The van der Waals surface area contributed by atoms with E-state index in [2.05, 4.69) is 26.0 Å². The minimum absolute atomic E-state index is 0.0203. The van der Waals surface area contributed by atoms with Crippen LogP contribution in [-0.4, -0.2) is 33.2 Å². The summed E-state index contributed by atoms with van der Waals surface area (Å²) >= 11 is 0. The first-order valence-corrected chi connectivity index (χ1v) is 8.75. The molecule has 0 unspecified atom stereocenters. The van der Waals surface area contributed by atoms with Crippen LogP contribution in [0.1, 0.15) is 17.2 Å². The number of ether oxygens (including phenoxy) is 1. The summed E-state index contributed by atoms with van der Waals surface area (Å²) in [4.78, 5) is 13.6. The molecule has 0 bridgehead atoms. The van der Waals surface area contributed by atoms with E-state index >= 15 is 0 Å². The summed E-state index contributed by atoms with van der Waals surface area (Å²) in [5.74, 6) is 0.677. The number of carbonyl (C=O) groups is 1. The van der Waals surface area contributed by atoms with Gasteiger partial charge in [-0.25, -0.2) is 0 Å². The van der Waals surface area contributed by atoms with Crippen molar-refractivity contribution < 1.29 is 14.4 Å². The van der Waals surface area contributed by atoms with Crippen LogP contribution in [0.2, 0.25) is 0 Å². The van der Waals surface area contributed by atoms with Gasteiger partial charge >= 0.3 is 0 Å². The summed E-state index contributed by atoms with van der Waals surface area (Å²) in [6.07, 6.45) is 5.08. The van der Waals surface area contributed by atoms with E-state index in [1.165, 1.54) is 4.90 Å². The van der Waals surface area contributed by atoms with Crippen LogP contribution in [0.4, 0.5) is 0 Å². The second kappa shape index (κ2) is 10.2. The maximum Gasteiger partial charge on any atom is 0.244 e. The summed E-state index contributed by atoms with van der Waals surface area (Å²) in [6.45, 7) is 4.92. The molecule has 136 valence electrons. The number of amides is 1. The van der Waals surface area contributed by atoms with Crippen molar-refractivity contribution in [3.63, 3.8) is 0 Å². The zero-order chi connectivity index (χ0) is 18.8. The molecule has 2 N–H and O–H groups in total. The second-order valence-electron chi connectivity index (χ2n) is 6.39. The molecule has 2 aromatic rings. The van der Waals surface area contributed by atoms with E-state index in [9.17, 15) is 4.79 Å². The van der Waals surface area contributed by atoms with Crippen molar-refractivity contribution >= 4 is 12.0 Å². The van der Waals surface area contributed by atoms with Gasteiger partial charge in [0.05, 0.1) is 14.1 Å². The van der Waals surface area contributed by atoms with Crippen molar-refractivity contribution in [3.05, 3.63) is 84.5 Å². The predicted molar refractivity (Wildman–Crippen MR) is 106 cm³/mol. The van der Waals surface area contributed by atoms with E-state index in [0.29, 0.717) is 6.61 Å². The molecule has 2 aromatic carbocycles. The third-order valence-corrected chi connectivity index (χ3v) is 3.81. The Kier molecular flexibility index (Phi) is 7.65. The Hall–Kier alpha value is -2.85. The minimum Gasteiger partial charge on any atom is -0.490 e. The highest BCUT2D eigenvalue weighted by Crippen LogP contribution is 2.14. The molecule has 4 nitrogen and oxygen atoms in total. The van der Waals surface area contributed by atoms with Gasteiger partial charge in [0.2, 0.25) is 5.91 Å². The minimum atomic E-state index is -0.105. The Balaban J connectivity index is 1.98. The van der Waals surface area contributed by atoms with E-state index in [0.717, 1.165) is 23.4 Å². The SMILES string of the molecule is C=CCOc1ccc(/C=C/C(=O)N[C@H](C[NH+](C)C)c2ccccc2)cc1. The van der Waals surface area contributed by atoms with Crippen LogP contribution in [0.5, 0.6) is 5.75 Å². The van der Waals surface area contributed by atoms with Crippen LogP contribution >= 0.6 is 0 Å². The lowest BCUT2D eigenvalue weighted by atomic mass is 10.1. The molecule has 0 aromatic heterocycles. The van der Waals surface area contributed by atoms with Crippen molar-refractivity contribution in [1.29, 1.82) is 0 Å². The van der Waals surface area contributed by atoms with Gasteiger partial charge in [-0.3, -0.25) is 4.79 Å². The smallest absolute Gasteiger partial charge is 0.244 e. The van der Waals surface area contributed by atoms with Crippen LogP contribution in [-0.2, 0) is 4.79 Å².